The molecule has 0 bridgehead atoms. The van der Waals surface area contributed by atoms with Crippen LogP contribution in [-0.2, 0) is 0 Å². The van der Waals surface area contributed by atoms with Crippen LogP contribution < -0.4 is 16.2 Å². The Bertz CT molecular complexity index is 1100. The summed E-state index contributed by atoms with van der Waals surface area (Å²) in [4.78, 5) is 37.5. The number of aromatic nitrogens is 1. The lowest BCUT2D eigenvalue weighted by atomic mass is 10.1. The van der Waals surface area contributed by atoms with E-state index in [1.165, 1.54) is 10.6 Å². The summed E-state index contributed by atoms with van der Waals surface area (Å²) in [6.45, 7) is 5.82. The van der Waals surface area contributed by atoms with Gasteiger partial charge in [-0.25, -0.2) is 0 Å². The Hall–Kier alpha value is -3.67. The van der Waals surface area contributed by atoms with Crippen LogP contribution >= 0.6 is 0 Å². The van der Waals surface area contributed by atoms with Crippen molar-refractivity contribution in [2.75, 3.05) is 5.32 Å². The van der Waals surface area contributed by atoms with Gasteiger partial charge in [-0.1, -0.05) is 24.6 Å². The van der Waals surface area contributed by atoms with Crippen molar-refractivity contribution in [1.82, 2.24) is 9.88 Å². The Kier molecular flexibility index (Phi) is 6.47. The first-order valence-electron chi connectivity index (χ1n) is 9.90. The molecule has 154 valence electrons. The number of hydrogen-bond acceptors (Lipinski definition) is 3. The fourth-order valence-corrected chi connectivity index (χ4v) is 2.89. The molecular weight excluding hydrogens is 378 g/mol. The summed E-state index contributed by atoms with van der Waals surface area (Å²) in [5, 5.41) is 5.65. The highest BCUT2D eigenvalue weighted by Gasteiger charge is 2.14. The van der Waals surface area contributed by atoms with Gasteiger partial charge in [-0.2, -0.15) is 0 Å². The van der Waals surface area contributed by atoms with Gasteiger partial charge in [0.05, 0.1) is 0 Å². The number of aryl methyl sites for hydroxylation is 1. The number of benzene rings is 2. The molecule has 0 radical (unpaired) electrons. The molecule has 0 saturated heterocycles. The molecule has 1 heterocycles. The van der Waals surface area contributed by atoms with Crippen LogP contribution in [0, 0.1) is 6.92 Å². The van der Waals surface area contributed by atoms with Crippen molar-refractivity contribution in [3.63, 3.8) is 0 Å². The summed E-state index contributed by atoms with van der Waals surface area (Å²) in [6, 6.07) is 17.4. The van der Waals surface area contributed by atoms with Crippen LogP contribution in [0.2, 0.25) is 0 Å². The average molecular weight is 403 g/mol. The second-order valence-electron chi connectivity index (χ2n) is 7.25. The van der Waals surface area contributed by atoms with E-state index in [0.29, 0.717) is 16.9 Å². The highest BCUT2D eigenvalue weighted by atomic mass is 16.2. The Morgan fingerprint density at radius 1 is 0.967 bits per heavy atom. The van der Waals surface area contributed by atoms with Crippen molar-refractivity contribution in [2.45, 2.75) is 33.2 Å². The van der Waals surface area contributed by atoms with Gasteiger partial charge in [0.2, 0.25) is 0 Å². The lowest BCUT2D eigenvalue weighted by molar-refractivity contribution is 0.0936. The van der Waals surface area contributed by atoms with E-state index < -0.39 is 5.56 Å². The number of amides is 2. The highest BCUT2D eigenvalue weighted by Crippen LogP contribution is 2.14. The minimum Gasteiger partial charge on any atom is -0.349 e. The van der Waals surface area contributed by atoms with Crippen molar-refractivity contribution in [1.29, 1.82) is 0 Å². The molecular formula is C24H25N3O3. The van der Waals surface area contributed by atoms with Crippen molar-refractivity contribution < 1.29 is 9.59 Å². The molecule has 1 atom stereocenters. The molecule has 2 N–H and O–H groups in total. The van der Waals surface area contributed by atoms with Gasteiger partial charge < -0.3 is 10.6 Å². The molecule has 0 unspecified atom stereocenters. The summed E-state index contributed by atoms with van der Waals surface area (Å²) >= 11 is 0. The first-order valence-corrected chi connectivity index (χ1v) is 9.90. The van der Waals surface area contributed by atoms with Crippen LogP contribution in [0.3, 0.4) is 0 Å². The standard InChI is InChI=1S/C24H25N3O3/c1-4-17(3)25-23(29)21-6-5-15-27(24(21)30)20-13-11-19(12-14-20)26-22(28)18-9-7-16(2)8-10-18/h5-15,17H,4H2,1-3H3,(H,25,29)(H,26,28)/t17-/m1/s1. The number of hydrogen-bond donors (Lipinski definition) is 2. The molecule has 0 saturated carbocycles. The smallest absolute Gasteiger partial charge is 0.267 e. The zero-order valence-electron chi connectivity index (χ0n) is 17.3. The molecule has 1 aromatic heterocycles. The fraction of sp³-hybridized carbons (Fsp3) is 0.208. The van der Waals surface area contributed by atoms with Gasteiger partial charge in [0.1, 0.15) is 5.56 Å². The molecule has 3 aromatic rings. The van der Waals surface area contributed by atoms with Crippen molar-refractivity contribution in [3.05, 3.63) is 93.9 Å². The van der Waals surface area contributed by atoms with Crippen LogP contribution in [0.25, 0.3) is 5.69 Å². The number of pyridine rings is 1. The Balaban J connectivity index is 1.78. The summed E-state index contributed by atoms with van der Waals surface area (Å²) in [6.07, 6.45) is 2.39. The van der Waals surface area contributed by atoms with Crippen molar-refractivity contribution in [3.8, 4) is 5.69 Å². The molecule has 3 rings (SSSR count). The highest BCUT2D eigenvalue weighted by molar-refractivity contribution is 6.04. The molecule has 0 fully saturated rings. The van der Waals surface area contributed by atoms with E-state index >= 15 is 0 Å². The minimum absolute atomic E-state index is 0.0121. The summed E-state index contributed by atoms with van der Waals surface area (Å²) in [7, 11) is 0. The van der Waals surface area contributed by atoms with Gasteiger partial charge in [-0.05, 0) is 68.8 Å². The first-order chi connectivity index (χ1) is 14.4. The Labute approximate surface area is 175 Å². The van der Waals surface area contributed by atoms with Gasteiger partial charge in [0.15, 0.2) is 0 Å². The van der Waals surface area contributed by atoms with Crippen LogP contribution in [0.1, 0.15) is 46.5 Å². The summed E-state index contributed by atoms with van der Waals surface area (Å²) < 4.78 is 1.41. The van der Waals surface area contributed by atoms with E-state index in [2.05, 4.69) is 10.6 Å². The largest absolute Gasteiger partial charge is 0.349 e. The molecule has 0 spiro atoms. The van der Waals surface area contributed by atoms with E-state index in [-0.39, 0.29) is 23.4 Å². The molecule has 2 aromatic carbocycles. The van der Waals surface area contributed by atoms with Gasteiger partial charge in [-0.3, -0.25) is 19.0 Å². The number of rotatable bonds is 6. The van der Waals surface area contributed by atoms with Crippen LogP contribution in [0.4, 0.5) is 5.69 Å². The maximum Gasteiger partial charge on any atom is 0.267 e. The van der Waals surface area contributed by atoms with E-state index in [1.54, 1.807) is 48.7 Å². The zero-order chi connectivity index (χ0) is 21.7. The normalized spacial score (nSPS) is 11.6. The first kappa shape index (κ1) is 21.0. The lowest BCUT2D eigenvalue weighted by Gasteiger charge is -2.13. The van der Waals surface area contributed by atoms with Crippen LogP contribution in [0.5, 0.6) is 0 Å². The van der Waals surface area contributed by atoms with Crippen LogP contribution in [0.15, 0.2) is 71.7 Å². The van der Waals surface area contributed by atoms with Gasteiger partial charge in [0, 0.05) is 29.2 Å². The maximum absolute atomic E-state index is 12.8. The van der Waals surface area contributed by atoms with E-state index in [1.807, 2.05) is 32.9 Å². The quantitative estimate of drug-likeness (QED) is 0.654. The number of nitrogens with zero attached hydrogens (tertiary/aromatic N) is 1. The Morgan fingerprint density at radius 3 is 2.27 bits per heavy atom. The zero-order valence-corrected chi connectivity index (χ0v) is 17.3. The predicted molar refractivity (Wildman–Crippen MR) is 118 cm³/mol. The predicted octanol–water partition coefficient (Wildman–Crippen LogP) is 3.93. The molecule has 0 aliphatic rings. The third kappa shape index (κ3) is 4.84. The topological polar surface area (TPSA) is 80.2 Å². The molecule has 0 aliphatic heterocycles. The monoisotopic (exact) mass is 403 g/mol. The number of anilines is 1. The van der Waals surface area contributed by atoms with E-state index in [0.717, 1.165) is 12.0 Å². The second-order valence-corrected chi connectivity index (χ2v) is 7.25. The second kappa shape index (κ2) is 9.22. The van der Waals surface area contributed by atoms with Gasteiger partial charge in [-0.15, -0.1) is 0 Å². The average Bonchev–Trinajstić information content (AvgIpc) is 2.74. The molecule has 0 aliphatic carbocycles. The summed E-state index contributed by atoms with van der Waals surface area (Å²) in [5.41, 5.74) is 2.57. The SMILES string of the molecule is CC[C@@H](C)NC(=O)c1cccn(-c2ccc(NC(=O)c3ccc(C)cc3)cc2)c1=O. The van der Waals surface area contributed by atoms with E-state index in [4.69, 9.17) is 0 Å². The fourth-order valence-electron chi connectivity index (χ4n) is 2.89. The number of carbonyl (C=O) groups excluding carboxylic acids is 2. The molecule has 2 amide bonds. The van der Waals surface area contributed by atoms with Crippen LogP contribution in [-0.4, -0.2) is 22.4 Å². The number of carbonyl (C=O) groups is 2. The molecule has 30 heavy (non-hydrogen) atoms. The maximum atomic E-state index is 12.8. The molecule has 6 nitrogen and oxygen atoms in total. The molecule has 6 heteroatoms. The summed E-state index contributed by atoms with van der Waals surface area (Å²) in [5.74, 6) is -0.589. The van der Waals surface area contributed by atoms with Gasteiger partial charge in [0.25, 0.3) is 17.4 Å². The Morgan fingerprint density at radius 2 is 1.63 bits per heavy atom. The van der Waals surface area contributed by atoms with Crippen molar-refractivity contribution in [2.24, 2.45) is 0 Å². The third-order valence-corrected chi connectivity index (χ3v) is 4.90. The van der Waals surface area contributed by atoms with E-state index in [9.17, 15) is 14.4 Å². The number of nitrogens with one attached hydrogen (secondary N) is 2. The van der Waals surface area contributed by atoms with Gasteiger partial charge >= 0.3 is 0 Å². The van der Waals surface area contributed by atoms with Crippen molar-refractivity contribution >= 4 is 17.5 Å². The third-order valence-electron chi connectivity index (χ3n) is 4.90. The minimum atomic E-state index is -0.394. The lowest BCUT2D eigenvalue weighted by Crippen LogP contribution is -2.36.